The van der Waals surface area contributed by atoms with E-state index in [1.165, 1.54) is 14.0 Å². The number of benzene rings is 1. The highest BCUT2D eigenvalue weighted by Gasteiger charge is 2.53. The fourth-order valence-corrected chi connectivity index (χ4v) is 10.9. The lowest BCUT2D eigenvalue weighted by Crippen LogP contribution is -2.60. The summed E-state index contributed by atoms with van der Waals surface area (Å²) in [6.45, 7) is 19.7. The normalized spacial score (nSPS) is 41.1. The SMILES string of the molecule is CC[C@H]1OC(=O)[C@H](C)[C@@H](O[C@H]2C[C@@](C)(OC)[C@@H](O)[C@H](C)O2)[C@H](C)[C@@H](O[C@@H]2O[C@H](C)C[C@H](N(C)C)[C@H]2O)[C@](C)(O)C[C@@H](C)CN(CCCNC(=S)NCc2ccc3c(c2)OCO3)[C@H](C)[C@@H](O)[C@]1(C)O. The molecule has 18 nitrogen and oxygen atoms in total. The van der Waals surface area contributed by atoms with E-state index in [1.54, 1.807) is 34.6 Å². The van der Waals surface area contributed by atoms with Crippen molar-refractivity contribution in [3.63, 3.8) is 0 Å². The number of rotatable bonds is 13. The number of nitrogens with one attached hydrogen (secondary N) is 2. The first-order chi connectivity index (χ1) is 31.8. The van der Waals surface area contributed by atoms with Crippen LogP contribution >= 0.6 is 12.2 Å². The number of nitrogens with zero attached hydrogens (tertiary/aromatic N) is 2. The van der Waals surface area contributed by atoms with E-state index in [-0.39, 0.29) is 44.1 Å². The van der Waals surface area contributed by atoms with Gasteiger partial charge >= 0.3 is 5.97 Å². The van der Waals surface area contributed by atoms with Gasteiger partial charge in [0.1, 0.15) is 30.0 Å². The highest BCUT2D eigenvalue weighted by Crippen LogP contribution is 2.40. The van der Waals surface area contributed by atoms with Crippen LogP contribution in [-0.4, -0.2) is 184 Å². The quantitative estimate of drug-likeness (QED) is 0.0858. The summed E-state index contributed by atoms with van der Waals surface area (Å²) in [7, 11) is 5.28. The summed E-state index contributed by atoms with van der Waals surface area (Å²) in [6.07, 6.45) is -8.24. The number of carbonyl (C=O) groups is 1. The predicted octanol–water partition coefficient (Wildman–Crippen LogP) is 3.05. The number of likely N-dealkylation sites (N-methyl/N-ethyl adjacent to an activating group) is 1. The largest absolute Gasteiger partial charge is 0.459 e. The van der Waals surface area contributed by atoms with Crippen LogP contribution in [0, 0.1) is 17.8 Å². The van der Waals surface area contributed by atoms with Gasteiger partial charge in [-0.2, -0.15) is 0 Å². The van der Waals surface area contributed by atoms with Crippen LogP contribution in [0.15, 0.2) is 18.2 Å². The Morgan fingerprint density at radius 2 is 1.65 bits per heavy atom. The summed E-state index contributed by atoms with van der Waals surface area (Å²) in [5.74, 6) is -1.41. The number of thiocarbonyl (C=S) groups is 1. The monoisotopic (exact) mass is 985 g/mol. The zero-order valence-corrected chi connectivity index (χ0v) is 43.5. The second kappa shape index (κ2) is 23.8. The number of aliphatic hydroxyl groups is 5. The lowest BCUT2D eigenvalue weighted by Gasteiger charge is -2.48. The minimum absolute atomic E-state index is 0.108. The standard InChI is InChI=1S/C49H84N4O14S/c1-14-37-49(10,59)41(55)31(6)53(19-15-18-50-46(68)51-24-33-16-17-35-36(21-33)62-26-61-35)25-27(2)22-47(8,58)43(67-45-39(54)34(52(11)12)20-28(3)63-45)29(4)40(30(5)44(57)65-37)66-38-23-48(9,60-13)42(56)32(7)64-38/h16-17,21,27-32,34,37-43,45,54-56,58-59H,14-15,18-20,22-26H2,1-13H3,(H2,50,51,68)/t27-,28-,29+,30-,31-,32+,34+,37-,38+,39-,40+,41-,42+,43-,45+,47-,48-,49-/m1/s1. The van der Waals surface area contributed by atoms with Crippen molar-refractivity contribution in [2.75, 3.05) is 47.6 Å². The Morgan fingerprint density at radius 3 is 2.31 bits per heavy atom. The molecular formula is C49H84N4O14S. The van der Waals surface area contributed by atoms with Crippen LogP contribution < -0.4 is 20.1 Å². The van der Waals surface area contributed by atoms with Gasteiger partial charge in [0.2, 0.25) is 6.79 Å². The second-order valence-electron chi connectivity index (χ2n) is 20.9. The zero-order chi connectivity index (χ0) is 50.5. The molecule has 3 fully saturated rings. The minimum Gasteiger partial charge on any atom is -0.459 e. The molecule has 7 N–H and O–H groups in total. The summed E-state index contributed by atoms with van der Waals surface area (Å²) < 4.78 is 49.1. The average Bonchev–Trinajstić information content (AvgIpc) is 3.76. The number of methoxy groups -OCH3 is 1. The fourth-order valence-electron chi connectivity index (χ4n) is 10.7. The molecule has 3 saturated heterocycles. The van der Waals surface area contributed by atoms with Gasteiger partial charge in [0.25, 0.3) is 0 Å². The van der Waals surface area contributed by atoms with E-state index >= 15 is 0 Å². The van der Waals surface area contributed by atoms with Gasteiger partial charge in [-0.05, 0) is 124 Å². The summed E-state index contributed by atoms with van der Waals surface area (Å²) in [6, 6.07) is 4.78. The van der Waals surface area contributed by atoms with Crippen molar-refractivity contribution in [3.05, 3.63) is 23.8 Å². The number of aliphatic hydroxyl groups excluding tert-OH is 3. The van der Waals surface area contributed by atoms with E-state index in [0.717, 1.165) is 5.56 Å². The highest BCUT2D eigenvalue weighted by molar-refractivity contribution is 7.80. The summed E-state index contributed by atoms with van der Waals surface area (Å²) >= 11 is 5.60. The molecule has 0 radical (unpaired) electrons. The topological polar surface area (TPSA) is 223 Å². The van der Waals surface area contributed by atoms with E-state index in [0.29, 0.717) is 55.6 Å². The number of cyclic esters (lactones) is 1. The molecule has 0 amide bonds. The van der Waals surface area contributed by atoms with Gasteiger partial charge in [-0.3, -0.25) is 9.69 Å². The van der Waals surface area contributed by atoms with E-state index in [4.69, 9.17) is 50.1 Å². The van der Waals surface area contributed by atoms with Crippen LogP contribution in [0.5, 0.6) is 11.5 Å². The molecule has 390 valence electrons. The first-order valence-electron chi connectivity index (χ1n) is 24.5. The molecule has 4 aliphatic heterocycles. The third-order valence-corrected chi connectivity index (χ3v) is 15.1. The number of fused-ring (bicyclic) bond motifs is 1. The Bertz CT molecular complexity index is 1800. The maximum atomic E-state index is 14.6. The molecule has 0 bridgehead atoms. The van der Waals surface area contributed by atoms with Crippen molar-refractivity contribution in [2.45, 2.75) is 198 Å². The third-order valence-electron chi connectivity index (χ3n) is 14.8. The van der Waals surface area contributed by atoms with E-state index < -0.39 is 96.0 Å². The summed E-state index contributed by atoms with van der Waals surface area (Å²) in [5, 5.41) is 67.0. The molecule has 0 aliphatic carbocycles. The Balaban J connectivity index is 1.45. The second-order valence-corrected chi connectivity index (χ2v) is 21.3. The molecule has 1 aromatic carbocycles. The maximum absolute atomic E-state index is 14.6. The van der Waals surface area contributed by atoms with E-state index in [2.05, 4.69) is 15.5 Å². The van der Waals surface area contributed by atoms with Crippen LogP contribution in [0.1, 0.15) is 107 Å². The van der Waals surface area contributed by atoms with E-state index in [9.17, 15) is 30.3 Å². The minimum atomic E-state index is -1.89. The predicted molar refractivity (Wildman–Crippen MR) is 258 cm³/mol. The zero-order valence-electron chi connectivity index (χ0n) is 42.7. The first-order valence-corrected chi connectivity index (χ1v) is 24.9. The summed E-state index contributed by atoms with van der Waals surface area (Å²) in [5.41, 5.74) is -3.60. The number of hydrogen-bond donors (Lipinski definition) is 7. The number of hydrogen-bond acceptors (Lipinski definition) is 17. The molecule has 68 heavy (non-hydrogen) atoms. The Labute approximate surface area is 409 Å². The fraction of sp³-hybridized carbons (Fsp3) is 0.837. The molecule has 0 aromatic heterocycles. The van der Waals surface area contributed by atoms with Crippen molar-refractivity contribution in [3.8, 4) is 11.5 Å². The molecule has 4 aliphatic rings. The van der Waals surface area contributed by atoms with Crippen LogP contribution in [0.2, 0.25) is 0 Å². The van der Waals surface area contributed by atoms with Gasteiger partial charge in [-0.1, -0.05) is 26.8 Å². The molecule has 0 saturated carbocycles. The van der Waals surface area contributed by atoms with Gasteiger partial charge < -0.3 is 79.0 Å². The van der Waals surface area contributed by atoms with Crippen LogP contribution in [0.25, 0.3) is 0 Å². The van der Waals surface area contributed by atoms with Gasteiger partial charge in [0, 0.05) is 57.7 Å². The van der Waals surface area contributed by atoms with Crippen LogP contribution in [0.3, 0.4) is 0 Å². The lowest BCUT2D eigenvalue weighted by molar-refractivity contribution is -0.318. The molecule has 19 heteroatoms. The number of carbonyl (C=O) groups excluding carboxylic acids is 1. The Kier molecular flexibility index (Phi) is 19.8. The first kappa shape index (κ1) is 56.4. The molecule has 18 atom stereocenters. The van der Waals surface area contributed by atoms with Crippen molar-refractivity contribution in [1.29, 1.82) is 0 Å². The molecule has 0 spiro atoms. The highest BCUT2D eigenvalue weighted by atomic mass is 32.1. The van der Waals surface area contributed by atoms with Gasteiger partial charge in [-0.15, -0.1) is 0 Å². The van der Waals surface area contributed by atoms with Gasteiger partial charge in [-0.25, -0.2) is 0 Å². The van der Waals surface area contributed by atoms with Gasteiger partial charge in [0.05, 0.1) is 41.5 Å². The number of esters is 1. The maximum Gasteiger partial charge on any atom is 0.311 e. The van der Waals surface area contributed by atoms with Crippen molar-refractivity contribution < 1.29 is 68.2 Å². The van der Waals surface area contributed by atoms with Crippen molar-refractivity contribution >= 4 is 23.3 Å². The lowest BCUT2D eigenvalue weighted by atomic mass is 9.77. The van der Waals surface area contributed by atoms with Gasteiger partial charge in [0.15, 0.2) is 29.2 Å². The van der Waals surface area contributed by atoms with Crippen LogP contribution in [0.4, 0.5) is 0 Å². The molecule has 5 rings (SSSR count). The van der Waals surface area contributed by atoms with Crippen molar-refractivity contribution in [2.24, 2.45) is 17.8 Å². The molecule has 4 heterocycles. The van der Waals surface area contributed by atoms with Crippen molar-refractivity contribution in [1.82, 2.24) is 20.4 Å². The Morgan fingerprint density at radius 1 is 0.956 bits per heavy atom. The Hall–Kier alpha value is -2.50. The van der Waals surface area contributed by atoms with E-state index in [1.807, 2.05) is 64.9 Å². The smallest absolute Gasteiger partial charge is 0.311 e. The van der Waals surface area contributed by atoms with Crippen LogP contribution in [-0.2, 0) is 39.8 Å². The molecule has 0 unspecified atom stereocenters. The number of ether oxygens (including phenoxy) is 8. The molecular weight excluding hydrogens is 901 g/mol. The summed E-state index contributed by atoms with van der Waals surface area (Å²) in [4.78, 5) is 18.6. The average molecular weight is 985 g/mol. The third kappa shape index (κ3) is 13.5. The molecule has 1 aromatic rings.